The molecule has 0 N–H and O–H groups in total. The summed E-state index contributed by atoms with van der Waals surface area (Å²) in [5, 5.41) is 3.77. The molecule has 0 saturated heterocycles. The van der Waals surface area contributed by atoms with Gasteiger partial charge in [-0.1, -0.05) is 35.5 Å². The van der Waals surface area contributed by atoms with Crippen molar-refractivity contribution in [2.24, 2.45) is 0 Å². The average Bonchev–Trinajstić information content (AvgIpc) is 3.31. The molecule has 0 atom stereocenters. The first-order valence-corrected chi connectivity index (χ1v) is 9.70. The molecule has 0 fully saturated rings. The zero-order valence-corrected chi connectivity index (χ0v) is 17.1. The normalized spacial score (nSPS) is 10.6. The second-order valence-electron chi connectivity index (χ2n) is 6.84. The van der Waals surface area contributed by atoms with Crippen LogP contribution in [0.3, 0.4) is 0 Å². The Balaban J connectivity index is 1.47. The molecule has 0 spiro atoms. The van der Waals surface area contributed by atoms with E-state index in [0.717, 1.165) is 0 Å². The molecule has 0 aliphatic heterocycles. The van der Waals surface area contributed by atoms with Gasteiger partial charge in [-0.2, -0.15) is 4.98 Å². The maximum atomic E-state index is 13.1. The maximum absolute atomic E-state index is 13.1. The number of ether oxygens (including phenoxy) is 1. The predicted octanol–water partition coefficient (Wildman–Crippen LogP) is 4.51. The standard InChI is InChI=1S/C24H18FN3O4/c1-28(18-7-3-2-4-8-18)23(29)19-9-5-6-10-20(19)24(30)31-15-21-26-22(32-27-21)16-11-13-17(25)14-12-16/h2-14H,15H2,1H3. The number of para-hydroxylation sites is 1. The van der Waals surface area contributed by atoms with E-state index in [-0.39, 0.29) is 41.2 Å². The van der Waals surface area contributed by atoms with Crippen LogP contribution in [-0.4, -0.2) is 29.1 Å². The first-order valence-electron chi connectivity index (χ1n) is 9.70. The number of aromatic nitrogens is 2. The Morgan fingerprint density at radius 2 is 1.59 bits per heavy atom. The van der Waals surface area contributed by atoms with E-state index in [0.29, 0.717) is 11.3 Å². The van der Waals surface area contributed by atoms with E-state index in [1.54, 1.807) is 37.4 Å². The number of hydrogen-bond acceptors (Lipinski definition) is 6. The molecular weight excluding hydrogens is 413 g/mol. The van der Waals surface area contributed by atoms with Crippen LogP contribution >= 0.6 is 0 Å². The van der Waals surface area contributed by atoms with E-state index in [4.69, 9.17) is 9.26 Å². The summed E-state index contributed by atoms with van der Waals surface area (Å²) < 4.78 is 23.5. The molecule has 0 aliphatic rings. The lowest BCUT2D eigenvalue weighted by Crippen LogP contribution is -2.28. The molecule has 0 radical (unpaired) electrons. The third-order valence-corrected chi connectivity index (χ3v) is 4.72. The summed E-state index contributed by atoms with van der Waals surface area (Å²) >= 11 is 0. The van der Waals surface area contributed by atoms with Gasteiger partial charge in [-0.15, -0.1) is 0 Å². The van der Waals surface area contributed by atoms with Crippen LogP contribution in [0.15, 0.2) is 83.4 Å². The van der Waals surface area contributed by atoms with Crippen LogP contribution in [0.1, 0.15) is 26.5 Å². The summed E-state index contributed by atoms with van der Waals surface area (Å²) in [5.74, 6) is -1.10. The molecule has 0 bridgehead atoms. The molecule has 0 aliphatic carbocycles. The molecule has 7 nitrogen and oxygen atoms in total. The summed E-state index contributed by atoms with van der Waals surface area (Å²) in [5.41, 5.74) is 1.57. The number of esters is 1. The van der Waals surface area contributed by atoms with Gasteiger partial charge in [-0.25, -0.2) is 9.18 Å². The lowest BCUT2D eigenvalue weighted by Gasteiger charge is -2.18. The van der Waals surface area contributed by atoms with Crippen LogP contribution < -0.4 is 4.90 Å². The number of amides is 1. The highest BCUT2D eigenvalue weighted by molar-refractivity contribution is 6.11. The van der Waals surface area contributed by atoms with Gasteiger partial charge >= 0.3 is 5.97 Å². The van der Waals surface area contributed by atoms with Crippen molar-refractivity contribution in [1.82, 2.24) is 10.1 Å². The van der Waals surface area contributed by atoms with Crippen LogP contribution in [-0.2, 0) is 11.3 Å². The van der Waals surface area contributed by atoms with Crippen LogP contribution in [0.2, 0.25) is 0 Å². The number of carbonyl (C=O) groups excluding carboxylic acids is 2. The number of benzene rings is 3. The quantitative estimate of drug-likeness (QED) is 0.418. The van der Waals surface area contributed by atoms with Gasteiger partial charge in [0.05, 0.1) is 11.1 Å². The smallest absolute Gasteiger partial charge is 0.339 e. The van der Waals surface area contributed by atoms with Crippen molar-refractivity contribution in [3.05, 3.63) is 102 Å². The molecule has 160 valence electrons. The maximum Gasteiger partial charge on any atom is 0.339 e. The van der Waals surface area contributed by atoms with Crippen LogP contribution in [0.25, 0.3) is 11.5 Å². The van der Waals surface area contributed by atoms with Crippen molar-refractivity contribution < 1.29 is 23.2 Å². The summed E-state index contributed by atoms with van der Waals surface area (Å²) in [6.07, 6.45) is 0. The molecule has 32 heavy (non-hydrogen) atoms. The van der Waals surface area contributed by atoms with Gasteiger partial charge in [0, 0.05) is 18.3 Å². The molecule has 1 amide bonds. The van der Waals surface area contributed by atoms with Crippen molar-refractivity contribution in [3.8, 4) is 11.5 Å². The fraction of sp³-hybridized carbons (Fsp3) is 0.0833. The van der Waals surface area contributed by atoms with E-state index in [2.05, 4.69) is 10.1 Å². The van der Waals surface area contributed by atoms with E-state index in [1.807, 2.05) is 18.2 Å². The number of nitrogens with zero attached hydrogens (tertiary/aromatic N) is 3. The Bertz CT molecular complexity index is 1240. The van der Waals surface area contributed by atoms with Crippen LogP contribution in [0.4, 0.5) is 10.1 Å². The Morgan fingerprint density at radius 1 is 0.938 bits per heavy atom. The molecule has 1 aromatic heterocycles. The van der Waals surface area contributed by atoms with Crippen LogP contribution in [0, 0.1) is 5.82 Å². The number of carbonyl (C=O) groups is 2. The molecule has 0 saturated carbocycles. The second kappa shape index (κ2) is 9.22. The molecular formula is C24H18FN3O4. The number of rotatable bonds is 6. The van der Waals surface area contributed by atoms with Gasteiger partial charge in [0.2, 0.25) is 5.82 Å². The topological polar surface area (TPSA) is 85.5 Å². The van der Waals surface area contributed by atoms with Gasteiger partial charge in [-0.05, 0) is 48.5 Å². The van der Waals surface area contributed by atoms with E-state index in [9.17, 15) is 14.0 Å². The summed E-state index contributed by atoms with van der Waals surface area (Å²) in [6, 6.07) is 21.1. The monoisotopic (exact) mass is 431 g/mol. The predicted molar refractivity (Wildman–Crippen MR) is 114 cm³/mol. The van der Waals surface area contributed by atoms with Crippen molar-refractivity contribution in [2.45, 2.75) is 6.61 Å². The van der Waals surface area contributed by atoms with Gasteiger partial charge in [-0.3, -0.25) is 4.79 Å². The Kier molecular flexibility index (Phi) is 6.03. The van der Waals surface area contributed by atoms with Gasteiger partial charge in [0.1, 0.15) is 5.82 Å². The van der Waals surface area contributed by atoms with E-state index in [1.165, 1.54) is 35.2 Å². The molecule has 4 rings (SSSR count). The largest absolute Gasteiger partial charge is 0.454 e. The van der Waals surface area contributed by atoms with Crippen molar-refractivity contribution >= 4 is 17.6 Å². The molecule has 0 unspecified atom stereocenters. The number of anilines is 1. The van der Waals surface area contributed by atoms with Gasteiger partial charge < -0.3 is 14.2 Å². The lowest BCUT2D eigenvalue weighted by molar-refractivity contribution is 0.0457. The summed E-state index contributed by atoms with van der Waals surface area (Å²) in [4.78, 5) is 31.3. The third kappa shape index (κ3) is 4.54. The van der Waals surface area contributed by atoms with Crippen molar-refractivity contribution in [1.29, 1.82) is 0 Å². The first-order chi connectivity index (χ1) is 15.5. The fourth-order valence-electron chi connectivity index (χ4n) is 3.03. The molecule has 8 heteroatoms. The minimum atomic E-state index is -0.691. The minimum Gasteiger partial charge on any atom is -0.454 e. The highest BCUT2D eigenvalue weighted by atomic mass is 19.1. The molecule has 3 aromatic carbocycles. The summed E-state index contributed by atoms with van der Waals surface area (Å²) in [7, 11) is 1.63. The van der Waals surface area contributed by atoms with Crippen molar-refractivity contribution in [2.75, 3.05) is 11.9 Å². The van der Waals surface area contributed by atoms with E-state index >= 15 is 0 Å². The Labute approximate surface area is 183 Å². The highest BCUT2D eigenvalue weighted by Gasteiger charge is 2.22. The fourth-order valence-corrected chi connectivity index (χ4v) is 3.03. The molecule has 4 aromatic rings. The SMILES string of the molecule is CN(C(=O)c1ccccc1C(=O)OCc1noc(-c2ccc(F)cc2)n1)c1ccccc1. The zero-order valence-electron chi connectivity index (χ0n) is 17.1. The van der Waals surface area contributed by atoms with Crippen LogP contribution in [0.5, 0.6) is 0 Å². The Hall–Kier alpha value is -4.33. The molecule has 1 heterocycles. The second-order valence-corrected chi connectivity index (χ2v) is 6.84. The third-order valence-electron chi connectivity index (χ3n) is 4.72. The zero-order chi connectivity index (χ0) is 22.5. The Morgan fingerprint density at radius 3 is 2.31 bits per heavy atom. The van der Waals surface area contributed by atoms with Crippen molar-refractivity contribution in [3.63, 3.8) is 0 Å². The number of hydrogen-bond donors (Lipinski definition) is 0. The average molecular weight is 431 g/mol. The highest BCUT2D eigenvalue weighted by Crippen LogP contribution is 2.20. The van der Waals surface area contributed by atoms with Gasteiger partial charge in [0.25, 0.3) is 11.8 Å². The van der Waals surface area contributed by atoms with E-state index < -0.39 is 5.97 Å². The number of halogens is 1. The van der Waals surface area contributed by atoms with Gasteiger partial charge in [0.15, 0.2) is 6.61 Å². The first kappa shape index (κ1) is 20.9. The lowest BCUT2D eigenvalue weighted by atomic mass is 10.1. The summed E-state index contributed by atoms with van der Waals surface area (Å²) in [6.45, 7) is -0.249. The minimum absolute atomic E-state index is 0.127.